The van der Waals surface area contributed by atoms with Crippen LogP contribution in [0.4, 0.5) is 0 Å². The maximum absolute atomic E-state index is 13.3. The lowest BCUT2D eigenvalue weighted by molar-refractivity contribution is -0.382. The Hall–Kier alpha value is -7.58. The first-order valence-corrected chi connectivity index (χ1v) is 43.8. The maximum Gasteiger partial charge on any atom is 0.338 e. The summed E-state index contributed by atoms with van der Waals surface area (Å²) in [5, 5.41) is 96.2. The Balaban J connectivity index is 0.695. The number of ether oxygens (including phenoxy) is 21. The van der Waals surface area contributed by atoms with Gasteiger partial charge in [0.1, 0.15) is 92.1 Å². The number of esters is 1. The Morgan fingerprint density at radius 3 is 0.898 bits per heavy atom. The van der Waals surface area contributed by atoms with E-state index in [1.54, 1.807) is 84.0 Å². The summed E-state index contributed by atoms with van der Waals surface area (Å²) in [6, 6.07) is 41.6. The van der Waals surface area contributed by atoms with Crippen molar-refractivity contribution < 1.29 is 140 Å². The molecule has 0 spiro atoms. The zero-order chi connectivity index (χ0) is 91.0. The van der Waals surface area contributed by atoms with Gasteiger partial charge >= 0.3 is 5.97 Å². The van der Waals surface area contributed by atoms with Crippen molar-refractivity contribution in [1.29, 1.82) is 0 Å². The largest absolute Gasteiger partial charge is 0.459 e. The molecule has 8 fully saturated rings. The molecule has 38 nitrogen and oxygen atoms in total. The number of rotatable bonds is 36. The molecule has 0 saturated carbocycles. The SMILES string of the molecule is CO[C@H]1OC(COC(=O)c2ccccc2)[C@@H](O[C@@H]2OC(C)[C@@H](O[C@H]3OC(CO)[C@H](O[C@@H]4OC(C)[C@@H](O[C@H]5OC(CO)[C@@H](O[C@@H]6OC(C)[C@@H](O[C@@H]7OC(CO)[C@H](O[C@@H]8OC(C)[C@@H](C)[C@@H](OCc9ccccc9)C8O)[C@H](C)C7N=[N+]=[N-])[C@@H](OCc7ccccc7)C6O)[C@H](C)C5N=[N+]=[N-])[C@@H](OCc5ccccc5)C4O)[C@H](C)C3N=[N+]=[N-])[C@@H](OCc3ccccc3)C2O)[C@H](C)C1C. The van der Waals surface area contributed by atoms with E-state index in [0.29, 0.717) is 16.7 Å². The molecule has 5 aromatic carbocycles. The van der Waals surface area contributed by atoms with Crippen molar-refractivity contribution in [2.75, 3.05) is 33.5 Å². The van der Waals surface area contributed by atoms with Crippen molar-refractivity contribution in [2.24, 2.45) is 50.9 Å². The van der Waals surface area contributed by atoms with Crippen molar-refractivity contribution in [3.8, 4) is 0 Å². The van der Waals surface area contributed by atoms with Crippen LogP contribution in [0.5, 0.6) is 0 Å². The third kappa shape index (κ3) is 23.0. The van der Waals surface area contributed by atoms with Crippen LogP contribution >= 0.6 is 0 Å². The van der Waals surface area contributed by atoms with Gasteiger partial charge in [-0.05, 0) is 102 Å². The summed E-state index contributed by atoms with van der Waals surface area (Å²) in [7, 11) is 1.51. The lowest BCUT2D eigenvalue weighted by Crippen LogP contribution is -2.66. The van der Waals surface area contributed by atoms with E-state index in [9.17, 15) is 57.1 Å². The number of methoxy groups -OCH3 is 1. The molecule has 0 amide bonds. The van der Waals surface area contributed by atoms with Crippen LogP contribution in [0.3, 0.4) is 0 Å². The fourth-order valence-corrected chi connectivity index (χ4v) is 18.2. The summed E-state index contributed by atoms with van der Waals surface area (Å²) in [5.41, 5.74) is 34.2. The van der Waals surface area contributed by atoms with E-state index in [1.165, 1.54) is 7.11 Å². The summed E-state index contributed by atoms with van der Waals surface area (Å²) in [4.78, 5) is 22.8. The minimum atomic E-state index is -1.75. The Kier molecular flexibility index (Phi) is 35.3. The Labute approximate surface area is 742 Å². The van der Waals surface area contributed by atoms with Gasteiger partial charge in [-0.1, -0.05) is 196 Å². The topological polar surface area (TPSA) is 499 Å². The van der Waals surface area contributed by atoms with Crippen molar-refractivity contribution in [3.05, 3.63) is 211 Å². The van der Waals surface area contributed by atoms with Gasteiger partial charge in [0, 0.05) is 33.7 Å². The van der Waals surface area contributed by atoms with E-state index in [-0.39, 0.29) is 50.8 Å². The summed E-state index contributed by atoms with van der Waals surface area (Å²) in [5.74, 6) is -4.08. The van der Waals surface area contributed by atoms with Crippen LogP contribution in [0.1, 0.15) is 102 Å². The van der Waals surface area contributed by atoms with Crippen LogP contribution in [0.25, 0.3) is 31.3 Å². The summed E-state index contributed by atoms with van der Waals surface area (Å²) in [6.07, 6.45) is -38.5. The molecule has 16 unspecified atom stereocenters. The first kappa shape index (κ1) is 97.9. The molecule has 13 rings (SSSR count). The van der Waals surface area contributed by atoms with Gasteiger partial charge in [-0.3, -0.25) is 0 Å². The molecular weight excluding hydrogens is 1670 g/mol. The van der Waals surface area contributed by atoms with E-state index in [4.69, 9.17) is 99.5 Å². The molecule has 40 atom stereocenters. The number of benzene rings is 5. The fourth-order valence-electron chi connectivity index (χ4n) is 18.2. The van der Waals surface area contributed by atoms with Gasteiger partial charge in [-0.15, -0.1) is 0 Å². The standard InChI is InChI=1S/C90H121N9O29/c1-45-46(2)83(108-11)121-63(44-113-82(107)59-35-25-16-26-36-59)71(45)122-88-68(104)79(110-41-56-29-19-13-20-30-56)76(52(8)115-88)126-85-65(95-98-92)49(5)73(61(38-101)119-85)124-90-70(106)81(112-43-58-33-23-15-24-34-58)78(54(10)117-90)128-86-66(96-99-93)50(6)74(62(39-102)120-86)125-89-69(105)80(111-42-57-31-21-14-22-32-57)77(53(9)116-89)127-84-64(94-97-91)48(4)72(60(37-100)118-84)123-87-67(103)75(47(3)51(7)114-87)109-40-55-27-17-12-18-28-55/h12-36,45-54,60-81,83-90,100-106H,37-44H2,1-11H3/t45-,46?,47-,48-,49-,50-,51?,52?,53?,54?,60?,61?,62?,63?,64?,65?,66?,67?,68?,69?,70?,71+,72-,73-,74+,75-,76-,77-,78-,79+,80+,81+,83+,84+,85-,86-,87+,88+,89+,90+/m1/s1. The van der Waals surface area contributed by atoms with Crippen LogP contribution in [-0.2, 0) is 126 Å². The number of nitrogens with zero attached hydrogens (tertiary/aromatic N) is 9. The molecule has 8 saturated heterocycles. The highest BCUT2D eigenvalue weighted by molar-refractivity contribution is 5.89. The van der Waals surface area contributed by atoms with Gasteiger partial charge in [0.2, 0.25) is 0 Å². The molecule has 7 N–H and O–H groups in total. The first-order valence-electron chi connectivity index (χ1n) is 43.8. The number of aliphatic hydroxyl groups excluding tert-OH is 7. The second-order valence-corrected chi connectivity index (χ2v) is 34.2. The van der Waals surface area contributed by atoms with E-state index in [1.807, 2.05) is 137 Å². The predicted molar refractivity (Wildman–Crippen MR) is 449 cm³/mol. The van der Waals surface area contributed by atoms with Crippen LogP contribution in [-0.4, -0.2) is 284 Å². The highest BCUT2D eigenvalue weighted by atomic mass is 16.8. The number of hydrogen-bond donors (Lipinski definition) is 7. The number of carbonyl (C=O) groups is 1. The second-order valence-electron chi connectivity index (χ2n) is 34.2. The van der Waals surface area contributed by atoms with Crippen LogP contribution in [0, 0.1) is 35.5 Å². The van der Waals surface area contributed by atoms with E-state index < -0.39 is 252 Å². The van der Waals surface area contributed by atoms with E-state index >= 15 is 0 Å². The van der Waals surface area contributed by atoms with Crippen molar-refractivity contribution in [3.63, 3.8) is 0 Å². The Morgan fingerprint density at radius 1 is 0.320 bits per heavy atom. The van der Waals surface area contributed by atoms with Gasteiger partial charge in [0.15, 0.2) is 50.3 Å². The zero-order valence-electron chi connectivity index (χ0n) is 73.3. The minimum absolute atomic E-state index is 0.0259. The van der Waals surface area contributed by atoms with Gasteiger partial charge in [0.05, 0.1) is 125 Å². The molecule has 8 aliphatic rings. The fraction of sp³-hybridized carbons (Fsp3) is 0.656. The maximum atomic E-state index is 13.3. The molecule has 700 valence electrons. The number of carbonyl (C=O) groups excluding carboxylic acids is 1. The van der Waals surface area contributed by atoms with E-state index in [2.05, 4.69) is 30.1 Å². The molecule has 5 aromatic rings. The molecule has 8 heterocycles. The van der Waals surface area contributed by atoms with Crippen molar-refractivity contribution in [1.82, 2.24) is 0 Å². The summed E-state index contributed by atoms with van der Waals surface area (Å²) in [6.45, 7) is 15.3. The van der Waals surface area contributed by atoms with Crippen LogP contribution in [0.2, 0.25) is 0 Å². The highest BCUT2D eigenvalue weighted by Gasteiger charge is 2.59. The molecule has 0 bridgehead atoms. The van der Waals surface area contributed by atoms with Gasteiger partial charge in [0.25, 0.3) is 0 Å². The third-order valence-electron chi connectivity index (χ3n) is 25.9. The molecule has 38 heteroatoms. The zero-order valence-corrected chi connectivity index (χ0v) is 73.3. The lowest BCUT2D eigenvalue weighted by Gasteiger charge is -2.51. The normalized spacial score (nSPS) is 40.4. The van der Waals surface area contributed by atoms with Crippen LogP contribution < -0.4 is 0 Å². The molecule has 0 radical (unpaired) electrons. The molecule has 8 aliphatic heterocycles. The average molecular weight is 1790 g/mol. The first-order chi connectivity index (χ1) is 61.9. The third-order valence-corrected chi connectivity index (χ3v) is 25.9. The Bertz CT molecular complexity index is 4380. The minimum Gasteiger partial charge on any atom is -0.459 e. The summed E-state index contributed by atoms with van der Waals surface area (Å²) >= 11 is 0. The number of hydrogen-bond acceptors (Lipinski definition) is 32. The smallest absolute Gasteiger partial charge is 0.338 e. The van der Waals surface area contributed by atoms with Crippen molar-refractivity contribution >= 4 is 5.97 Å². The molecular formula is C90H121N9O29. The number of aliphatic hydroxyl groups is 7. The predicted octanol–water partition coefficient (Wildman–Crippen LogP) is 8.68. The summed E-state index contributed by atoms with van der Waals surface area (Å²) < 4.78 is 137. The van der Waals surface area contributed by atoms with E-state index in [0.717, 1.165) is 11.1 Å². The second kappa shape index (κ2) is 46.2. The van der Waals surface area contributed by atoms with Gasteiger partial charge < -0.3 is 135 Å². The van der Waals surface area contributed by atoms with Crippen molar-refractivity contribution in [2.45, 2.75) is 305 Å². The van der Waals surface area contributed by atoms with Crippen LogP contribution in [0.15, 0.2) is 167 Å². The van der Waals surface area contributed by atoms with Gasteiger partial charge in [-0.2, -0.15) is 0 Å². The van der Waals surface area contributed by atoms with Gasteiger partial charge in [-0.25, -0.2) is 4.79 Å². The highest BCUT2D eigenvalue weighted by Crippen LogP contribution is 2.45. The number of azide groups is 3. The Morgan fingerprint density at radius 2 is 0.594 bits per heavy atom. The average Bonchev–Trinajstić information content (AvgIpc) is 0.764. The monoisotopic (exact) mass is 1790 g/mol. The molecule has 0 aromatic heterocycles. The molecule has 128 heavy (non-hydrogen) atoms. The quantitative estimate of drug-likeness (QED) is 0.00852. The lowest BCUT2D eigenvalue weighted by atomic mass is 9.84. The molecule has 0 aliphatic carbocycles.